The molecular weight excluding hydrogens is 324 g/mol. The first-order chi connectivity index (χ1) is 12.8. The molecule has 136 valence electrons. The molecule has 0 radical (unpaired) electrons. The number of carbonyl (C=O) groups is 1. The highest BCUT2D eigenvalue weighted by Gasteiger charge is 2.21. The van der Waals surface area contributed by atoms with Crippen molar-refractivity contribution in [2.24, 2.45) is 5.92 Å². The van der Waals surface area contributed by atoms with Crippen LogP contribution in [0.2, 0.25) is 0 Å². The standard InChI is InChI=1S/C22H26N2O2/c25-15-20-14-23-10-7-22(20)24-11-8-17(9-12-24)16-26-21-6-5-18-3-1-2-4-19(18)13-21/h5-7,10,13-15,17H,1-4,8-9,11-12,16H2. The van der Waals surface area contributed by atoms with Crippen LogP contribution in [0, 0.1) is 5.92 Å². The van der Waals surface area contributed by atoms with E-state index in [1.54, 1.807) is 12.4 Å². The lowest BCUT2D eigenvalue weighted by Gasteiger charge is -2.34. The molecule has 1 fully saturated rings. The zero-order chi connectivity index (χ0) is 17.8. The summed E-state index contributed by atoms with van der Waals surface area (Å²) in [5.41, 5.74) is 4.66. The molecule has 26 heavy (non-hydrogen) atoms. The highest BCUT2D eigenvalue weighted by Crippen LogP contribution is 2.28. The smallest absolute Gasteiger partial charge is 0.153 e. The summed E-state index contributed by atoms with van der Waals surface area (Å²) in [5, 5.41) is 0. The van der Waals surface area contributed by atoms with E-state index in [9.17, 15) is 4.79 Å². The fourth-order valence-corrected chi connectivity index (χ4v) is 4.13. The zero-order valence-electron chi connectivity index (χ0n) is 15.2. The molecule has 1 aromatic heterocycles. The molecule has 4 rings (SSSR count). The molecule has 2 heterocycles. The number of benzene rings is 1. The van der Waals surface area contributed by atoms with Crippen LogP contribution in [0.3, 0.4) is 0 Å². The van der Waals surface area contributed by atoms with Gasteiger partial charge in [-0.3, -0.25) is 9.78 Å². The average molecular weight is 350 g/mol. The molecule has 0 amide bonds. The molecule has 0 saturated carbocycles. The Morgan fingerprint density at radius 3 is 2.73 bits per heavy atom. The largest absolute Gasteiger partial charge is 0.493 e. The van der Waals surface area contributed by atoms with Crippen LogP contribution in [0.1, 0.15) is 47.2 Å². The van der Waals surface area contributed by atoms with Crippen molar-refractivity contribution in [2.45, 2.75) is 38.5 Å². The third-order valence-electron chi connectivity index (χ3n) is 5.72. The summed E-state index contributed by atoms with van der Waals surface area (Å²) < 4.78 is 6.11. The van der Waals surface area contributed by atoms with E-state index in [2.05, 4.69) is 28.1 Å². The highest BCUT2D eigenvalue weighted by atomic mass is 16.5. The molecule has 0 bridgehead atoms. The molecule has 2 aliphatic rings. The van der Waals surface area contributed by atoms with Gasteiger partial charge in [-0.1, -0.05) is 6.07 Å². The number of piperidine rings is 1. The van der Waals surface area contributed by atoms with Gasteiger partial charge in [0.05, 0.1) is 17.9 Å². The Hall–Kier alpha value is -2.36. The van der Waals surface area contributed by atoms with Crippen LogP contribution in [0.5, 0.6) is 5.75 Å². The minimum absolute atomic E-state index is 0.573. The Morgan fingerprint density at radius 1 is 1.12 bits per heavy atom. The first-order valence-corrected chi connectivity index (χ1v) is 9.72. The molecule has 1 aliphatic heterocycles. The Kier molecular flexibility index (Phi) is 5.19. The fraction of sp³-hybridized carbons (Fsp3) is 0.455. The minimum atomic E-state index is 0.573. The molecule has 4 heteroatoms. The SMILES string of the molecule is O=Cc1cnccc1N1CCC(COc2ccc3c(c2)CCCC3)CC1. The van der Waals surface area contributed by atoms with Crippen LogP contribution >= 0.6 is 0 Å². The molecule has 2 aromatic rings. The fourth-order valence-electron chi connectivity index (χ4n) is 4.13. The molecule has 0 unspecified atom stereocenters. The summed E-state index contributed by atoms with van der Waals surface area (Å²) in [6.45, 7) is 2.70. The van der Waals surface area contributed by atoms with E-state index in [0.717, 1.165) is 50.3 Å². The van der Waals surface area contributed by atoms with Crippen LogP contribution < -0.4 is 9.64 Å². The van der Waals surface area contributed by atoms with E-state index in [4.69, 9.17) is 4.74 Å². The monoisotopic (exact) mass is 350 g/mol. The van der Waals surface area contributed by atoms with Crippen LogP contribution in [0.25, 0.3) is 0 Å². The highest BCUT2D eigenvalue weighted by molar-refractivity contribution is 5.83. The number of aryl methyl sites for hydroxylation is 2. The molecule has 1 aliphatic carbocycles. The van der Waals surface area contributed by atoms with Gasteiger partial charge >= 0.3 is 0 Å². The van der Waals surface area contributed by atoms with Crippen molar-refractivity contribution < 1.29 is 9.53 Å². The maximum Gasteiger partial charge on any atom is 0.153 e. The first kappa shape index (κ1) is 17.1. The number of nitrogens with zero attached hydrogens (tertiary/aromatic N) is 2. The topological polar surface area (TPSA) is 42.4 Å². The number of carbonyl (C=O) groups excluding carboxylic acids is 1. The number of hydrogen-bond donors (Lipinski definition) is 0. The quantitative estimate of drug-likeness (QED) is 0.763. The molecule has 4 nitrogen and oxygen atoms in total. The van der Waals surface area contributed by atoms with Gasteiger partial charge < -0.3 is 9.64 Å². The molecule has 0 atom stereocenters. The Bertz CT molecular complexity index is 766. The van der Waals surface area contributed by atoms with Crippen LogP contribution in [0.4, 0.5) is 5.69 Å². The van der Waals surface area contributed by atoms with Crippen LogP contribution in [-0.2, 0) is 12.8 Å². The number of pyridine rings is 1. The third-order valence-corrected chi connectivity index (χ3v) is 5.72. The van der Waals surface area contributed by atoms with Gasteiger partial charge in [-0.2, -0.15) is 0 Å². The number of aldehydes is 1. The number of ether oxygens (including phenoxy) is 1. The predicted molar refractivity (Wildman–Crippen MR) is 103 cm³/mol. The number of anilines is 1. The van der Waals surface area contributed by atoms with E-state index in [-0.39, 0.29) is 0 Å². The second kappa shape index (κ2) is 7.90. The molecular formula is C22H26N2O2. The normalized spacial score (nSPS) is 17.6. The van der Waals surface area contributed by atoms with Gasteiger partial charge in [0, 0.05) is 25.5 Å². The summed E-state index contributed by atoms with van der Waals surface area (Å²) in [6.07, 6.45) is 11.5. The molecule has 1 saturated heterocycles. The summed E-state index contributed by atoms with van der Waals surface area (Å²) in [4.78, 5) is 17.5. The van der Waals surface area contributed by atoms with Crippen molar-refractivity contribution >= 4 is 12.0 Å². The van der Waals surface area contributed by atoms with E-state index < -0.39 is 0 Å². The number of aromatic nitrogens is 1. The van der Waals surface area contributed by atoms with E-state index in [1.807, 2.05) is 6.07 Å². The van der Waals surface area contributed by atoms with Crippen molar-refractivity contribution in [3.05, 3.63) is 53.3 Å². The third kappa shape index (κ3) is 3.74. The zero-order valence-corrected chi connectivity index (χ0v) is 15.2. The van der Waals surface area contributed by atoms with Gasteiger partial charge in [-0.15, -0.1) is 0 Å². The maximum atomic E-state index is 11.2. The molecule has 1 aromatic carbocycles. The van der Waals surface area contributed by atoms with Crippen LogP contribution in [0.15, 0.2) is 36.7 Å². The Morgan fingerprint density at radius 2 is 1.92 bits per heavy atom. The van der Waals surface area contributed by atoms with Gasteiger partial charge in [0.15, 0.2) is 6.29 Å². The lowest BCUT2D eigenvalue weighted by Crippen LogP contribution is -2.36. The molecule has 0 spiro atoms. The van der Waals surface area contributed by atoms with Crippen molar-refractivity contribution in [2.75, 3.05) is 24.6 Å². The second-order valence-corrected chi connectivity index (χ2v) is 7.43. The number of hydrogen-bond acceptors (Lipinski definition) is 4. The second-order valence-electron chi connectivity index (χ2n) is 7.43. The van der Waals surface area contributed by atoms with E-state index in [0.29, 0.717) is 11.5 Å². The summed E-state index contributed by atoms with van der Waals surface area (Å²) in [6, 6.07) is 8.56. The minimum Gasteiger partial charge on any atom is -0.493 e. The van der Waals surface area contributed by atoms with E-state index >= 15 is 0 Å². The summed E-state index contributed by atoms with van der Waals surface area (Å²) in [5.74, 6) is 1.59. The lowest BCUT2D eigenvalue weighted by molar-refractivity contribution is 0.112. The first-order valence-electron chi connectivity index (χ1n) is 9.72. The number of rotatable bonds is 5. The average Bonchev–Trinajstić information content (AvgIpc) is 2.72. The van der Waals surface area contributed by atoms with Gasteiger partial charge in [0.2, 0.25) is 0 Å². The van der Waals surface area contributed by atoms with Crippen molar-refractivity contribution in [1.82, 2.24) is 4.98 Å². The van der Waals surface area contributed by atoms with Gasteiger partial charge in [-0.05, 0) is 73.8 Å². The predicted octanol–water partition coefficient (Wildman–Crippen LogP) is 4.07. The van der Waals surface area contributed by atoms with Crippen molar-refractivity contribution in [3.8, 4) is 5.75 Å². The van der Waals surface area contributed by atoms with E-state index in [1.165, 1.54) is 36.8 Å². The van der Waals surface area contributed by atoms with Crippen molar-refractivity contribution in [3.63, 3.8) is 0 Å². The van der Waals surface area contributed by atoms with Crippen LogP contribution in [-0.4, -0.2) is 31.0 Å². The van der Waals surface area contributed by atoms with Crippen molar-refractivity contribution in [1.29, 1.82) is 0 Å². The Balaban J connectivity index is 1.31. The maximum absolute atomic E-state index is 11.2. The van der Waals surface area contributed by atoms with Gasteiger partial charge in [0.1, 0.15) is 5.75 Å². The summed E-state index contributed by atoms with van der Waals surface area (Å²) in [7, 11) is 0. The lowest BCUT2D eigenvalue weighted by atomic mass is 9.92. The summed E-state index contributed by atoms with van der Waals surface area (Å²) >= 11 is 0. The van der Waals surface area contributed by atoms with Gasteiger partial charge in [-0.25, -0.2) is 0 Å². The number of fused-ring (bicyclic) bond motifs is 1. The molecule has 0 N–H and O–H groups in total. The Labute approximate surface area is 155 Å². The van der Waals surface area contributed by atoms with Gasteiger partial charge in [0.25, 0.3) is 0 Å².